The summed E-state index contributed by atoms with van der Waals surface area (Å²) in [6.07, 6.45) is 3.55. The van der Waals surface area contributed by atoms with E-state index >= 15 is 0 Å². The van der Waals surface area contributed by atoms with Gasteiger partial charge < -0.3 is 9.88 Å². The Kier molecular flexibility index (Phi) is 4.68. The van der Waals surface area contributed by atoms with Gasteiger partial charge in [0.1, 0.15) is 0 Å². The quantitative estimate of drug-likeness (QED) is 0.523. The van der Waals surface area contributed by atoms with E-state index in [9.17, 15) is 4.79 Å². The third-order valence-corrected chi connectivity index (χ3v) is 6.88. The molecule has 1 unspecified atom stereocenters. The van der Waals surface area contributed by atoms with Crippen LogP contribution in [0.3, 0.4) is 0 Å². The van der Waals surface area contributed by atoms with E-state index in [0.717, 1.165) is 33.2 Å². The van der Waals surface area contributed by atoms with Gasteiger partial charge in [-0.05, 0) is 12.1 Å². The van der Waals surface area contributed by atoms with Crippen LogP contribution in [-0.4, -0.2) is 46.9 Å². The number of aromatic nitrogens is 6. The minimum Gasteiger partial charge on any atom is -0.301 e. The topological polar surface area (TPSA) is 98.5 Å². The Hall–Kier alpha value is -1.98. The average Bonchev–Trinajstić information content (AvgIpc) is 3.28. The van der Waals surface area contributed by atoms with Gasteiger partial charge in [0.2, 0.25) is 11.0 Å². The van der Waals surface area contributed by atoms with Gasteiger partial charge in [-0.2, -0.15) is 0 Å². The molecule has 4 rings (SSSR count). The first-order valence-corrected chi connectivity index (χ1v) is 10.1. The van der Waals surface area contributed by atoms with Crippen LogP contribution in [0, 0.1) is 0 Å². The number of hydrogen-bond donors (Lipinski definition) is 1. The molecule has 3 aromatic rings. The summed E-state index contributed by atoms with van der Waals surface area (Å²) in [4.78, 5) is 15.2. The van der Waals surface area contributed by atoms with Gasteiger partial charge in [0, 0.05) is 42.4 Å². The molecule has 0 saturated heterocycles. The summed E-state index contributed by atoms with van der Waals surface area (Å²) < 4.78 is 2.98. The van der Waals surface area contributed by atoms with E-state index in [1.807, 2.05) is 12.1 Å². The van der Waals surface area contributed by atoms with Crippen LogP contribution < -0.4 is 5.32 Å². The van der Waals surface area contributed by atoms with Crippen molar-refractivity contribution in [2.24, 2.45) is 0 Å². The molecule has 25 heavy (non-hydrogen) atoms. The van der Waals surface area contributed by atoms with Crippen molar-refractivity contribution in [3.8, 4) is 11.4 Å². The molecule has 8 nitrogen and oxygen atoms in total. The Morgan fingerprint density at radius 3 is 3.12 bits per heavy atom. The fourth-order valence-corrected chi connectivity index (χ4v) is 5.47. The fourth-order valence-electron chi connectivity index (χ4n) is 2.36. The standard InChI is InChI=1S/C14H13N7OS3/c1-8(22)16-12-18-20-14(25-12)23-7-10-6-21-11(17-19-13(21)24-10)9-3-2-4-15-5-9/h2-5,10H,6-7H2,1H3,(H,16,18,22). The van der Waals surface area contributed by atoms with Gasteiger partial charge in [-0.1, -0.05) is 34.9 Å². The summed E-state index contributed by atoms with van der Waals surface area (Å²) in [6, 6.07) is 3.89. The average molecular weight is 392 g/mol. The van der Waals surface area contributed by atoms with Crippen molar-refractivity contribution in [1.29, 1.82) is 0 Å². The highest BCUT2D eigenvalue weighted by atomic mass is 32.2. The van der Waals surface area contributed by atoms with Gasteiger partial charge in [0.25, 0.3) is 0 Å². The molecule has 4 heterocycles. The van der Waals surface area contributed by atoms with Crippen LogP contribution in [0.4, 0.5) is 5.13 Å². The maximum atomic E-state index is 11.0. The van der Waals surface area contributed by atoms with E-state index in [-0.39, 0.29) is 5.91 Å². The van der Waals surface area contributed by atoms with Crippen molar-refractivity contribution in [2.45, 2.75) is 28.2 Å². The van der Waals surface area contributed by atoms with E-state index in [2.05, 4.69) is 35.3 Å². The molecule has 11 heteroatoms. The fraction of sp³-hybridized carbons (Fsp3) is 0.286. The Morgan fingerprint density at radius 1 is 1.40 bits per heavy atom. The van der Waals surface area contributed by atoms with E-state index in [4.69, 9.17) is 0 Å². The van der Waals surface area contributed by atoms with Gasteiger partial charge in [-0.3, -0.25) is 9.78 Å². The number of nitrogens with one attached hydrogen (secondary N) is 1. The summed E-state index contributed by atoms with van der Waals surface area (Å²) in [7, 11) is 0. The third-order valence-electron chi connectivity index (χ3n) is 3.38. The number of pyridine rings is 1. The van der Waals surface area contributed by atoms with Crippen LogP contribution in [-0.2, 0) is 11.3 Å². The number of nitrogens with zero attached hydrogens (tertiary/aromatic N) is 6. The van der Waals surface area contributed by atoms with Crippen molar-refractivity contribution in [3.63, 3.8) is 0 Å². The SMILES string of the molecule is CC(=O)Nc1nnc(SCC2Cn3c(nnc3-c3cccnc3)S2)s1. The van der Waals surface area contributed by atoms with Crippen LogP contribution in [0.1, 0.15) is 6.92 Å². The summed E-state index contributed by atoms with van der Waals surface area (Å²) in [5.41, 5.74) is 0.972. The molecule has 1 N–H and O–H groups in total. The molecular formula is C14H13N7OS3. The summed E-state index contributed by atoms with van der Waals surface area (Å²) in [5.74, 6) is 1.60. The summed E-state index contributed by atoms with van der Waals surface area (Å²) in [6.45, 7) is 2.31. The predicted molar refractivity (Wildman–Crippen MR) is 97.8 cm³/mol. The van der Waals surface area contributed by atoms with Crippen molar-refractivity contribution >= 4 is 45.9 Å². The lowest BCUT2D eigenvalue weighted by Crippen LogP contribution is -2.09. The first kappa shape index (κ1) is 16.5. The third kappa shape index (κ3) is 3.67. The number of rotatable bonds is 5. The number of carbonyl (C=O) groups is 1. The van der Waals surface area contributed by atoms with Crippen LogP contribution in [0.25, 0.3) is 11.4 Å². The number of anilines is 1. The molecule has 0 aliphatic carbocycles. The van der Waals surface area contributed by atoms with Gasteiger partial charge >= 0.3 is 0 Å². The van der Waals surface area contributed by atoms with Gasteiger partial charge in [-0.25, -0.2) is 0 Å². The zero-order valence-corrected chi connectivity index (χ0v) is 15.6. The van der Waals surface area contributed by atoms with Crippen molar-refractivity contribution in [1.82, 2.24) is 29.9 Å². The molecule has 0 bridgehead atoms. The second-order valence-corrected chi connectivity index (χ2v) is 8.78. The lowest BCUT2D eigenvalue weighted by Gasteiger charge is -2.07. The van der Waals surface area contributed by atoms with E-state index < -0.39 is 0 Å². The number of thioether (sulfide) groups is 2. The molecule has 0 saturated carbocycles. The molecule has 3 aromatic heterocycles. The highest BCUT2D eigenvalue weighted by Gasteiger charge is 2.28. The van der Waals surface area contributed by atoms with Crippen LogP contribution >= 0.6 is 34.9 Å². The Balaban J connectivity index is 1.39. The maximum absolute atomic E-state index is 11.0. The van der Waals surface area contributed by atoms with Crippen molar-refractivity contribution in [2.75, 3.05) is 11.1 Å². The molecule has 1 amide bonds. The molecule has 0 spiro atoms. The number of fused-ring (bicyclic) bond motifs is 1. The lowest BCUT2D eigenvalue weighted by molar-refractivity contribution is -0.114. The largest absolute Gasteiger partial charge is 0.301 e. The van der Waals surface area contributed by atoms with Crippen LogP contribution in [0.15, 0.2) is 34.0 Å². The van der Waals surface area contributed by atoms with Gasteiger partial charge in [0.05, 0.1) is 0 Å². The lowest BCUT2D eigenvalue weighted by atomic mass is 10.2. The maximum Gasteiger partial charge on any atom is 0.223 e. The smallest absolute Gasteiger partial charge is 0.223 e. The number of amides is 1. The van der Waals surface area contributed by atoms with Gasteiger partial charge in [-0.15, -0.1) is 20.4 Å². The monoisotopic (exact) mass is 391 g/mol. The minimum atomic E-state index is -0.139. The van der Waals surface area contributed by atoms with E-state index in [0.29, 0.717) is 10.4 Å². The van der Waals surface area contributed by atoms with Crippen LogP contribution in [0.5, 0.6) is 0 Å². The Morgan fingerprint density at radius 2 is 2.32 bits per heavy atom. The molecular weight excluding hydrogens is 378 g/mol. The summed E-state index contributed by atoms with van der Waals surface area (Å²) in [5, 5.41) is 21.1. The highest BCUT2D eigenvalue weighted by Crippen LogP contribution is 2.37. The predicted octanol–water partition coefficient (Wildman–Crippen LogP) is 2.42. The van der Waals surface area contributed by atoms with Crippen molar-refractivity contribution < 1.29 is 4.79 Å². The van der Waals surface area contributed by atoms with Crippen molar-refractivity contribution in [3.05, 3.63) is 24.5 Å². The first-order chi connectivity index (χ1) is 12.2. The molecule has 0 radical (unpaired) electrons. The number of carbonyl (C=O) groups excluding carboxylic acids is 1. The second-order valence-electron chi connectivity index (χ2n) is 5.26. The molecule has 0 fully saturated rings. The van der Waals surface area contributed by atoms with E-state index in [1.54, 1.807) is 35.9 Å². The molecule has 0 aromatic carbocycles. The van der Waals surface area contributed by atoms with E-state index in [1.165, 1.54) is 18.3 Å². The zero-order chi connectivity index (χ0) is 17.2. The molecule has 1 atom stereocenters. The van der Waals surface area contributed by atoms with Gasteiger partial charge in [0.15, 0.2) is 15.3 Å². The molecule has 1 aliphatic heterocycles. The second kappa shape index (κ2) is 7.10. The minimum absolute atomic E-state index is 0.139. The zero-order valence-electron chi connectivity index (χ0n) is 13.1. The molecule has 128 valence electrons. The Labute approximate surface area is 155 Å². The van der Waals surface area contributed by atoms with Crippen LogP contribution in [0.2, 0.25) is 0 Å². The highest BCUT2D eigenvalue weighted by molar-refractivity contribution is 8.04. The number of hydrogen-bond acceptors (Lipinski definition) is 9. The Bertz CT molecular complexity index is 895. The normalized spacial score (nSPS) is 16.0. The molecule has 1 aliphatic rings. The summed E-state index contributed by atoms with van der Waals surface area (Å²) >= 11 is 4.75. The first-order valence-electron chi connectivity index (χ1n) is 7.43.